The molecule has 1 fully saturated rings. The smallest absolute Gasteiger partial charge is 0.188 e. The van der Waals surface area contributed by atoms with Gasteiger partial charge in [0.1, 0.15) is 0 Å². The van der Waals surface area contributed by atoms with Crippen molar-refractivity contribution in [2.75, 3.05) is 39.8 Å². The number of hydrogen-bond donors (Lipinski definition) is 2. The summed E-state index contributed by atoms with van der Waals surface area (Å²) < 4.78 is 5.59. The van der Waals surface area contributed by atoms with Crippen LogP contribution in [0.1, 0.15) is 6.92 Å². The minimum Gasteiger partial charge on any atom is -0.374 e. The van der Waals surface area contributed by atoms with Gasteiger partial charge in [0.05, 0.1) is 12.7 Å². The van der Waals surface area contributed by atoms with Crippen LogP contribution in [0.25, 0.3) is 0 Å². The highest BCUT2D eigenvalue weighted by atomic mass is 79.9. The van der Waals surface area contributed by atoms with Gasteiger partial charge in [-0.3, -0.25) is 9.89 Å². The zero-order chi connectivity index (χ0) is 10.4. The van der Waals surface area contributed by atoms with Crippen LogP contribution in [0.15, 0.2) is 4.99 Å². The number of aliphatic imine (C=N–C) groups is 1. The second-order valence-electron chi connectivity index (χ2n) is 3.38. The third-order valence-electron chi connectivity index (χ3n) is 2.42. The highest BCUT2D eigenvalue weighted by molar-refractivity contribution is 8.93. The number of nitrogens with one attached hydrogen (secondary N) is 1. The van der Waals surface area contributed by atoms with Crippen molar-refractivity contribution in [1.82, 2.24) is 10.2 Å². The Morgan fingerprint density at radius 2 is 2.40 bits per heavy atom. The van der Waals surface area contributed by atoms with E-state index in [0.717, 1.165) is 32.8 Å². The number of hydrogen-bond acceptors (Lipinski definition) is 3. The van der Waals surface area contributed by atoms with Gasteiger partial charge >= 0.3 is 0 Å². The number of guanidine groups is 1. The van der Waals surface area contributed by atoms with Gasteiger partial charge in [-0.05, 0) is 6.54 Å². The molecule has 0 aliphatic carbocycles. The highest BCUT2D eigenvalue weighted by Crippen LogP contribution is 2.03. The summed E-state index contributed by atoms with van der Waals surface area (Å²) >= 11 is 0. The van der Waals surface area contributed by atoms with Crippen LogP contribution in [-0.4, -0.2) is 56.8 Å². The Labute approximate surface area is 102 Å². The van der Waals surface area contributed by atoms with Gasteiger partial charge in [-0.1, -0.05) is 6.92 Å². The van der Waals surface area contributed by atoms with Crippen LogP contribution >= 0.6 is 17.0 Å². The molecule has 0 aromatic heterocycles. The Balaban J connectivity index is 0.00000196. The first-order valence-electron chi connectivity index (χ1n) is 5.06. The van der Waals surface area contributed by atoms with Gasteiger partial charge in [-0.25, -0.2) is 0 Å². The fourth-order valence-electron chi connectivity index (χ4n) is 1.49. The zero-order valence-electron chi connectivity index (χ0n) is 9.40. The summed E-state index contributed by atoms with van der Waals surface area (Å²) in [6, 6.07) is 0. The molecular weight excluding hydrogens is 260 g/mol. The van der Waals surface area contributed by atoms with Crippen molar-refractivity contribution < 1.29 is 4.74 Å². The highest BCUT2D eigenvalue weighted by Gasteiger charge is 2.18. The molecule has 0 aromatic carbocycles. The van der Waals surface area contributed by atoms with Gasteiger partial charge in [0.2, 0.25) is 0 Å². The van der Waals surface area contributed by atoms with Gasteiger partial charge in [0, 0.05) is 26.7 Å². The van der Waals surface area contributed by atoms with Gasteiger partial charge in [0.15, 0.2) is 5.96 Å². The molecule has 1 unspecified atom stereocenters. The first-order chi connectivity index (χ1) is 6.76. The second kappa shape index (κ2) is 7.90. The van der Waals surface area contributed by atoms with Crippen molar-refractivity contribution in [3.8, 4) is 0 Å². The third kappa shape index (κ3) is 5.34. The summed E-state index contributed by atoms with van der Waals surface area (Å²) in [4.78, 5) is 6.20. The maximum atomic E-state index is 5.59. The van der Waals surface area contributed by atoms with Crippen molar-refractivity contribution in [1.29, 1.82) is 0 Å². The molecule has 6 heteroatoms. The molecule has 0 bridgehead atoms. The van der Waals surface area contributed by atoms with Crippen LogP contribution in [-0.2, 0) is 4.74 Å². The van der Waals surface area contributed by atoms with Gasteiger partial charge in [0.25, 0.3) is 0 Å². The lowest BCUT2D eigenvalue weighted by atomic mass is 10.2. The van der Waals surface area contributed by atoms with Crippen molar-refractivity contribution in [3.63, 3.8) is 0 Å². The van der Waals surface area contributed by atoms with E-state index < -0.39 is 0 Å². The maximum Gasteiger partial charge on any atom is 0.188 e. The Kier molecular flexibility index (Phi) is 7.72. The number of halogens is 1. The quantitative estimate of drug-likeness (QED) is 0.556. The number of nitrogens with two attached hydrogens (primary N) is 1. The molecule has 1 rings (SSSR count). The summed E-state index contributed by atoms with van der Waals surface area (Å²) in [5.41, 5.74) is 5.53. The number of nitrogens with zero attached hydrogens (tertiary/aromatic N) is 2. The second-order valence-corrected chi connectivity index (χ2v) is 3.38. The first kappa shape index (κ1) is 14.7. The van der Waals surface area contributed by atoms with E-state index >= 15 is 0 Å². The average molecular weight is 281 g/mol. The van der Waals surface area contributed by atoms with Gasteiger partial charge in [-0.2, -0.15) is 0 Å². The van der Waals surface area contributed by atoms with Gasteiger partial charge in [-0.15, -0.1) is 17.0 Å². The van der Waals surface area contributed by atoms with E-state index in [9.17, 15) is 0 Å². The normalized spacial score (nSPS) is 23.3. The summed E-state index contributed by atoms with van der Waals surface area (Å²) in [6.07, 6.45) is 0.226. The van der Waals surface area contributed by atoms with Crippen LogP contribution in [0.3, 0.4) is 0 Å². The molecule has 3 N–H and O–H groups in total. The van der Waals surface area contributed by atoms with E-state index in [1.807, 2.05) is 0 Å². The molecule has 90 valence electrons. The SMILES string of the molecule is Br.CCN1CCOC(CNC(N)=NC)C1. The number of likely N-dealkylation sites (N-methyl/N-ethyl adjacent to an activating group) is 1. The Bertz CT molecular complexity index is 201. The topological polar surface area (TPSA) is 62.9 Å². The van der Waals surface area contributed by atoms with Crippen molar-refractivity contribution in [3.05, 3.63) is 0 Å². The van der Waals surface area contributed by atoms with Crippen molar-refractivity contribution in [2.24, 2.45) is 10.7 Å². The molecular formula is C9H21BrN4O. The molecule has 1 aliphatic rings. The van der Waals surface area contributed by atoms with Crippen molar-refractivity contribution in [2.45, 2.75) is 13.0 Å². The molecule has 5 nitrogen and oxygen atoms in total. The number of morpholine rings is 1. The van der Waals surface area contributed by atoms with E-state index in [1.165, 1.54) is 0 Å². The lowest BCUT2D eigenvalue weighted by Crippen LogP contribution is -2.48. The maximum absolute atomic E-state index is 5.59. The van der Waals surface area contributed by atoms with Crippen LogP contribution in [0, 0.1) is 0 Å². The van der Waals surface area contributed by atoms with E-state index in [4.69, 9.17) is 10.5 Å². The Morgan fingerprint density at radius 1 is 1.67 bits per heavy atom. The van der Waals surface area contributed by atoms with E-state index in [1.54, 1.807) is 7.05 Å². The Hall–Kier alpha value is -0.330. The zero-order valence-corrected chi connectivity index (χ0v) is 11.1. The number of ether oxygens (including phenoxy) is 1. The molecule has 0 amide bonds. The van der Waals surface area contributed by atoms with E-state index in [-0.39, 0.29) is 23.1 Å². The van der Waals surface area contributed by atoms with E-state index in [2.05, 4.69) is 22.1 Å². The van der Waals surface area contributed by atoms with Crippen LogP contribution in [0.5, 0.6) is 0 Å². The molecule has 0 aromatic rings. The average Bonchev–Trinajstić information content (AvgIpc) is 2.26. The molecule has 1 saturated heterocycles. The predicted molar refractivity (Wildman–Crippen MR) is 67.7 cm³/mol. The standard InChI is InChI=1S/C9H20N4O.BrH/c1-3-13-4-5-14-8(7-13)6-12-9(10)11-2;/h8H,3-7H2,1-2H3,(H3,10,11,12);1H. The molecule has 15 heavy (non-hydrogen) atoms. The first-order valence-corrected chi connectivity index (χ1v) is 5.06. The fraction of sp³-hybridized carbons (Fsp3) is 0.889. The monoisotopic (exact) mass is 280 g/mol. The minimum atomic E-state index is 0. The summed E-state index contributed by atoms with van der Waals surface area (Å²) in [5, 5.41) is 3.02. The van der Waals surface area contributed by atoms with Crippen molar-refractivity contribution >= 4 is 22.9 Å². The van der Waals surface area contributed by atoms with Crippen LogP contribution in [0.2, 0.25) is 0 Å². The molecule has 0 radical (unpaired) electrons. The van der Waals surface area contributed by atoms with E-state index in [0.29, 0.717) is 5.96 Å². The summed E-state index contributed by atoms with van der Waals surface area (Å²) in [7, 11) is 1.67. The Morgan fingerprint density at radius 3 is 3.00 bits per heavy atom. The lowest BCUT2D eigenvalue weighted by Gasteiger charge is -2.32. The molecule has 0 spiro atoms. The largest absolute Gasteiger partial charge is 0.374 e. The molecule has 0 saturated carbocycles. The molecule has 1 aliphatic heterocycles. The fourth-order valence-corrected chi connectivity index (χ4v) is 1.49. The predicted octanol–water partition coefficient (Wildman–Crippen LogP) is -0.181. The van der Waals surface area contributed by atoms with Gasteiger partial charge < -0.3 is 15.8 Å². The minimum absolute atomic E-state index is 0. The molecule has 1 atom stereocenters. The number of rotatable bonds is 3. The third-order valence-corrected chi connectivity index (χ3v) is 2.42. The van der Waals surface area contributed by atoms with Crippen LogP contribution < -0.4 is 11.1 Å². The molecule has 1 heterocycles. The van der Waals surface area contributed by atoms with Crippen LogP contribution in [0.4, 0.5) is 0 Å². The summed E-state index contributed by atoms with van der Waals surface area (Å²) in [5.74, 6) is 0.474. The summed E-state index contributed by atoms with van der Waals surface area (Å²) in [6.45, 7) is 6.79. The lowest BCUT2D eigenvalue weighted by molar-refractivity contribution is -0.0233.